The van der Waals surface area contributed by atoms with Gasteiger partial charge in [-0.15, -0.1) is 0 Å². The molecular weight excluding hydrogens is 264 g/mol. The zero-order valence-corrected chi connectivity index (χ0v) is 14.5. The summed E-state index contributed by atoms with van der Waals surface area (Å²) in [6.07, 6.45) is 2.44. The minimum atomic E-state index is 0.395. The van der Waals surface area contributed by atoms with Crippen molar-refractivity contribution < 1.29 is 4.74 Å². The first kappa shape index (κ1) is 18.2. The molecule has 0 aromatic carbocycles. The Hall–Kier alpha value is -0.810. The molecule has 124 valence electrons. The maximum absolute atomic E-state index is 5.50. The molecule has 1 aliphatic rings. The zero-order valence-electron chi connectivity index (χ0n) is 14.5. The molecule has 0 aromatic rings. The van der Waals surface area contributed by atoms with E-state index in [1.54, 1.807) is 0 Å². The Kier molecular flexibility index (Phi) is 8.69. The van der Waals surface area contributed by atoms with Crippen molar-refractivity contribution in [3.05, 3.63) is 0 Å². The van der Waals surface area contributed by atoms with Crippen LogP contribution in [0.4, 0.5) is 0 Å². The number of morpholine rings is 1. The molecule has 1 atom stereocenters. The molecule has 5 nitrogen and oxygen atoms in total. The molecule has 0 amide bonds. The highest BCUT2D eigenvalue weighted by atomic mass is 16.5. The Morgan fingerprint density at radius 3 is 2.29 bits per heavy atom. The first-order valence-corrected chi connectivity index (χ1v) is 8.41. The summed E-state index contributed by atoms with van der Waals surface area (Å²) in [6.45, 7) is 13.6. The van der Waals surface area contributed by atoms with Crippen LogP contribution in [0.15, 0.2) is 4.99 Å². The summed E-state index contributed by atoms with van der Waals surface area (Å²) >= 11 is 0. The maximum Gasteiger partial charge on any atom is 0.191 e. The van der Waals surface area contributed by atoms with Crippen LogP contribution in [0.5, 0.6) is 0 Å². The molecule has 1 saturated heterocycles. The molecule has 0 aliphatic carbocycles. The number of hydrogen-bond acceptors (Lipinski definition) is 3. The van der Waals surface area contributed by atoms with Gasteiger partial charge in [-0.05, 0) is 19.8 Å². The Morgan fingerprint density at radius 2 is 1.81 bits per heavy atom. The predicted octanol–water partition coefficient (Wildman–Crippen LogP) is 1.70. The fourth-order valence-electron chi connectivity index (χ4n) is 3.01. The fourth-order valence-corrected chi connectivity index (χ4v) is 3.01. The Morgan fingerprint density at radius 1 is 1.19 bits per heavy atom. The summed E-state index contributed by atoms with van der Waals surface area (Å²) in [5.74, 6) is 1.61. The molecule has 0 spiro atoms. The third-order valence-electron chi connectivity index (χ3n) is 4.24. The van der Waals surface area contributed by atoms with E-state index in [2.05, 4.69) is 48.2 Å². The smallest absolute Gasteiger partial charge is 0.191 e. The largest absolute Gasteiger partial charge is 0.379 e. The van der Waals surface area contributed by atoms with Crippen molar-refractivity contribution in [2.75, 3.05) is 39.9 Å². The molecule has 1 heterocycles. The van der Waals surface area contributed by atoms with E-state index in [9.17, 15) is 0 Å². The van der Waals surface area contributed by atoms with Gasteiger partial charge in [0.2, 0.25) is 0 Å². The molecule has 1 unspecified atom stereocenters. The van der Waals surface area contributed by atoms with Crippen molar-refractivity contribution in [3.8, 4) is 0 Å². The zero-order chi connectivity index (χ0) is 15.7. The minimum Gasteiger partial charge on any atom is -0.379 e. The van der Waals surface area contributed by atoms with Gasteiger partial charge in [-0.25, -0.2) is 0 Å². The van der Waals surface area contributed by atoms with Gasteiger partial charge < -0.3 is 15.4 Å². The van der Waals surface area contributed by atoms with Gasteiger partial charge >= 0.3 is 0 Å². The standard InChI is InChI=1S/C16H34N4O/c1-6-14(7-2)15(20-8-10-21-11-9-20)12-18-16(17-5)19-13(3)4/h13-15H,6-12H2,1-5H3,(H2,17,18,19). The quantitative estimate of drug-likeness (QED) is 0.555. The van der Waals surface area contributed by atoms with Gasteiger partial charge in [-0.1, -0.05) is 26.7 Å². The monoisotopic (exact) mass is 298 g/mol. The summed E-state index contributed by atoms with van der Waals surface area (Å²) in [6, 6.07) is 0.945. The highest BCUT2D eigenvalue weighted by Crippen LogP contribution is 2.19. The predicted molar refractivity (Wildman–Crippen MR) is 89.9 cm³/mol. The lowest BCUT2D eigenvalue weighted by Crippen LogP contribution is -2.53. The molecule has 21 heavy (non-hydrogen) atoms. The van der Waals surface area contributed by atoms with Crippen LogP contribution in [-0.4, -0.2) is 62.8 Å². The lowest BCUT2D eigenvalue weighted by molar-refractivity contribution is 0.00271. The van der Waals surface area contributed by atoms with E-state index in [0.717, 1.165) is 38.8 Å². The van der Waals surface area contributed by atoms with Gasteiger partial charge in [0.05, 0.1) is 13.2 Å². The van der Waals surface area contributed by atoms with E-state index in [0.29, 0.717) is 18.0 Å². The average molecular weight is 298 g/mol. The molecule has 5 heteroatoms. The number of rotatable bonds is 7. The van der Waals surface area contributed by atoms with Crippen LogP contribution in [0.25, 0.3) is 0 Å². The third-order valence-corrected chi connectivity index (χ3v) is 4.24. The third kappa shape index (κ3) is 6.22. The first-order valence-electron chi connectivity index (χ1n) is 8.41. The van der Waals surface area contributed by atoms with Crippen molar-refractivity contribution in [1.29, 1.82) is 0 Å². The second-order valence-electron chi connectivity index (χ2n) is 6.04. The fraction of sp³-hybridized carbons (Fsp3) is 0.938. The van der Waals surface area contributed by atoms with Crippen molar-refractivity contribution in [3.63, 3.8) is 0 Å². The van der Waals surface area contributed by atoms with Gasteiger partial charge in [0.1, 0.15) is 0 Å². The number of ether oxygens (including phenoxy) is 1. The van der Waals surface area contributed by atoms with E-state index >= 15 is 0 Å². The molecule has 2 N–H and O–H groups in total. The highest BCUT2D eigenvalue weighted by Gasteiger charge is 2.26. The van der Waals surface area contributed by atoms with Gasteiger partial charge in [-0.3, -0.25) is 9.89 Å². The van der Waals surface area contributed by atoms with Crippen LogP contribution in [0.1, 0.15) is 40.5 Å². The van der Waals surface area contributed by atoms with Gasteiger partial charge in [0.15, 0.2) is 5.96 Å². The second-order valence-corrected chi connectivity index (χ2v) is 6.04. The summed E-state index contributed by atoms with van der Waals surface area (Å²) in [5.41, 5.74) is 0. The van der Waals surface area contributed by atoms with Crippen LogP contribution in [-0.2, 0) is 4.74 Å². The molecule has 1 rings (SSSR count). The van der Waals surface area contributed by atoms with E-state index in [4.69, 9.17) is 4.74 Å². The summed E-state index contributed by atoms with van der Waals surface area (Å²) < 4.78 is 5.50. The van der Waals surface area contributed by atoms with Crippen LogP contribution in [0, 0.1) is 5.92 Å². The number of nitrogens with zero attached hydrogens (tertiary/aromatic N) is 2. The molecule has 0 radical (unpaired) electrons. The SMILES string of the molecule is CCC(CC)C(CNC(=NC)NC(C)C)N1CCOCC1. The Labute approximate surface area is 130 Å². The van der Waals surface area contributed by atoms with Gasteiger partial charge in [0.25, 0.3) is 0 Å². The first-order chi connectivity index (χ1) is 10.1. The molecule has 0 aromatic heterocycles. The topological polar surface area (TPSA) is 48.9 Å². The van der Waals surface area contributed by atoms with Crippen LogP contribution >= 0.6 is 0 Å². The van der Waals surface area contributed by atoms with Crippen LogP contribution in [0.2, 0.25) is 0 Å². The lowest BCUT2D eigenvalue weighted by Gasteiger charge is -2.39. The summed E-state index contributed by atoms with van der Waals surface area (Å²) in [4.78, 5) is 6.89. The van der Waals surface area contributed by atoms with E-state index in [1.807, 2.05) is 7.05 Å². The molecule has 1 fully saturated rings. The van der Waals surface area contributed by atoms with E-state index < -0.39 is 0 Å². The Bertz CT molecular complexity index is 297. The summed E-state index contributed by atoms with van der Waals surface area (Å²) in [5, 5.41) is 6.86. The molecule has 1 aliphatic heterocycles. The average Bonchev–Trinajstić information content (AvgIpc) is 2.50. The van der Waals surface area contributed by atoms with Crippen LogP contribution in [0.3, 0.4) is 0 Å². The number of nitrogens with one attached hydrogen (secondary N) is 2. The van der Waals surface area contributed by atoms with Crippen molar-refractivity contribution in [2.45, 2.75) is 52.6 Å². The normalized spacial score (nSPS) is 19.1. The maximum atomic E-state index is 5.50. The van der Waals surface area contributed by atoms with Crippen molar-refractivity contribution in [2.24, 2.45) is 10.9 Å². The lowest BCUT2D eigenvalue weighted by atomic mass is 9.92. The van der Waals surface area contributed by atoms with E-state index in [-0.39, 0.29) is 0 Å². The molecule has 0 bridgehead atoms. The summed E-state index contributed by atoms with van der Waals surface area (Å²) in [7, 11) is 1.83. The van der Waals surface area contributed by atoms with Gasteiger partial charge in [-0.2, -0.15) is 0 Å². The van der Waals surface area contributed by atoms with E-state index in [1.165, 1.54) is 12.8 Å². The second kappa shape index (κ2) is 10.0. The number of guanidine groups is 1. The Balaban J connectivity index is 2.63. The number of hydrogen-bond donors (Lipinski definition) is 2. The van der Waals surface area contributed by atoms with Crippen molar-refractivity contribution in [1.82, 2.24) is 15.5 Å². The minimum absolute atomic E-state index is 0.395. The van der Waals surface area contributed by atoms with Crippen molar-refractivity contribution >= 4 is 5.96 Å². The molecular formula is C16H34N4O. The number of aliphatic imine (C=N–C) groups is 1. The van der Waals surface area contributed by atoms with Gasteiger partial charge in [0, 0.05) is 38.8 Å². The van der Waals surface area contributed by atoms with Crippen LogP contribution < -0.4 is 10.6 Å². The highest BCUT2D eigenvalue weighted by molar-refractivity contribution is 5.79. The molecule has 0 saturated carbocycles.